The van der Waals surface area contributed by atoms with Gasteiger partial charge in [-0.2, -0.15) is 0 Å². The Labute approximate surface area is 235 Å². The Morgan fingerprint density at radius 2 is 2.05 bits per heavy atom. The quantitative estimate of drug-likeness (QED) is 0.363. The molecule has 7 heteroatoms. The van der Waals surface area contributed by atoms with Crippen molar-refractivity contribution in [3.05, 3.63) is 39.9 Å². The molecule has 1 heterocycles. The topological polar surface area (TPSA) is 60.5 Å². The summed E-state index contributed by atoms with van der Waals surface area (Å²) in [7, 11) is 1.67. The molecule has 1 aromatic carbocycles. The van der Waals surface area contributed by atoms with Gasteiger partial charge < -0.3 is 14.8 Å². The van der Waals surface area contributed by atoms with Crippen molar-refractivity contribution in [1.82, 2.24) is 4.98 Å². The molecule has 4 aliphatic carbocycles. The van der Waals surface area contributed by atoms with E-state index in [-0.39, 0.29) is 22.9 Å². The van der Waals surface area contributed by atoms with Gasteiger partial charge in [-0.3, -0.25) is 4.79 Å². The first-order valence-corrected chi connectivity index (χ1v) is 15.5. The molecule has 0 aliphatic heterocycles. The van der Waals surface area contributed by atoms with Crippen molar-refractivity contribution in [3.63, 3.8) is 0 Å². The van der Waals surface area contributed by atoms with Gasteiger partial charge in [0, 0.05) is 16.9 Å². The number of benzene rings is 1. The molecule has 0 bridgehead atoms. The standard InChI is InChI=1S/C31H39ClN2O3S/c1-5-6-27(35)37-26-12-10-20-19-8-9-22-28-23(14-16-30(22,2)21(19)13-15-31(20,26)3)33-29(38-28)34-24-17-18(32)7-11-25(24)36-4/h7,9,11,17,19-21,26H,5-6,8,10,12-16H2,1-4H3,(H,33,34)/t19-,20-,21-,26-,30+,31-/m0/s1. The van der Waals surface area contributed by atoms with E-state index in [9.17, 15) is 4.79 Å². The van der Waals surface area contributed by atoms with Gasteiger partial charge in [-0.1, -0.05) is 49.8 Å². The SMILES string of the molecule is CCCC(=O)O[C@H]1CC[C@H]2[C@@H]3CC=C4c5sc(Nc6cc(Cl)ccc6OC)nc5CC[C@]4(C)[C@H]3CC[C@]12C. The van der Waals surface area contributed by atoms with E-state index >= 15 is 0 Å². The molecule has 0 radical (unpaired) electrons. The molecule has 4 aliphatic rings. The van der Waals surface area contributed by atoms with E-state index in [0.29, 0.717) is 29.2 Å². The fraction of sp³-hybridized carbons (Fsp3) is 0.613. The predicted molar refractivity (Wildman–Crippen MR) is 154 cm³/mol. The fourth-order valence-corrected chi connectivity index (χ4v) is 9.76. The minimum atomic E-state index is -0.0101. The molecule has 5 nitrogen and oxygen atoms in total. The maximum Gasteiger partial charge on any atom is 0.306 e. The Morgan fingerprint density at radius 1 is 1.21 bits per heavy atom. The van der Waals surface area contributed by atoms with Crippen LogP contribution in [0.1, 0.15) is 82.7 Å². The van der Waals surface area contributed by atoms with Crippen molar-refractivity contribution in [1.29, 1.82) is 0 Å². The van der Waals surface area contributed by atoms with Crippen LogP contribution in [-0.2, 0) is 16.0 Å². The van der Waals surface area contributed by atoms with Crippen molar-refractivity contribution >= 4 is 45.3 Å². The third kappa shape index (κ3) is 4.18. The summed E-state index contributed by atoms with van der Waals surface area (Å²) in [6.45, 7) is 6.97. The van der Waals surface area contributed by atoms with Gasteiger partial charge in [-0.05, 0) is 98.3 Å². The Kier molecular flexibility index (Phi) is 6.79. The molecule has 1 N–H and O–H groups in total. The molecule has 6 rings (SSSR count). The molecular formula is C31H39ClN2O3S. The third-order valence-corrected chi connectivity index (χ3v) is 11.6. The molecule has 204 valence electrons. The lowest BCUT2D eigenvalue weighted by atomic mass is 9.48. The fourth-order valence-electron chi connectivity index (χ4n) is 8.39. The van der Waals surface area contributed by atoms with Crippen molar-refractivity contribution in [2.24, 2.45) is 28.6 Å². The van der Waals surface area contributed by atoms with E-state index in [1.807, 2.05) is 25.1 Å². The number of aryl methyl sites for hydroxylation is 1. The van der Waals surface area contributed by atoms with E-state index in [2.05, 4.69) is 25.2 Å². The highest BCUT2D eigenvalue weighted by molar-refractivity contribution is 7.16. The molecule has 0 amide bonds. The van der Waals surface area contributed by atoms with Gasteiger partial charge in [-0.15, -0.1) is 0 Å². The summed E-state index contributed by atoms with van der Waals surface area (Å²) < 4.78 is 11.6. The molecule has 0 unspecified atom stereocenters. The number of fused-ring (bicyclic) bond motifs is 7. The number of ether oxygens (including phenoxy) is 2. The smallest absolute Gasteiger partial charge is 0.306 e. The summed E-state index contributed by atoms with van der Waals surface area (Å²) >= 11 is 8.03. The van der Waals surface area contributed by atoms with E-state index in [1.54, 1.807) is 18.4 Å². The highest BCUT2D eigenvalue weighted by Crippen LogP contribution is 2.66. The molecule has 0 saturated heterocycles. The van der Waals surface area contributed by atoms with Crippen molar-refractivity contribution < 1.29 is 14.3 Å². The summed E-state index contributed by atoms with van der Waals surface area (Å²) in [4.78, 5) is 18.7. The number of halogens is 1. The van der Waals surface area contributed by atoms with Crippen LogP contribution in [0.4, 0.5) is 10.8 Å². The normalized spacial score (nSPS) is 33.3. The molecule has 2 aromatic rings. The second-order valence-electron chi connectivity index (χ2n) is 12.3. The van der Waals surface area contributed by atoms with Gasteiger partial charge in [0.1, 0.15) is 11.9 Å². The van der Waals surface area contributed by atoms with Gasteiger partial charge in [0.05, 0.1) is 23.4 Å². The second-order valence-corrected chi connectivity index (χ2v) is 13.7. The molecular weight excluding hydrogens is 516 g/mol. The van der Waals surface area contributed by atoms with Crippen LogP contribution in [-0.4, -0.2) is 24.2 Å². The highest BCUT2D eigenvalue weighted by atomic mass is 35.5. The lowest BCUT2D eigenvalue weighted by Crippen LogP contribution is -2.50. The number of anilines is 2. The van der Waals surface area contributed by atoms with Gasteiger partial charge in [0.15, 0.2) is 5.13 Å². The van der Waals surface area contributed by atoms with Gasteiger partial charge >= 0.3 is 5.97 Å². The van der Waals surface area contributed by atoms with Crippen LogP contribution in [0.15, 0.2) is 24.3 Å². The largest absolute Gasteiger partial charge is 0.495 e. The Morgan fingerprint density at radius 3 is 2.84 bits per heavy atom. The Balaban J connectivity index is 1.26. The summed E-state index contributed by atoms with van der Waals surface area (Å²) in [6.07, 6.45) is 11.9. The van der Waals surface area contributed by atoms with Crippen LogP contribution in [0.2, 0.25) is 5.02 Å². The van der Waals surface area contributed by atoms with Crippen molar-refractivity contribution in [2.45, 2.75) is 84.7 Å². The van der Waals surface area contributed by atoms with Crippen LogP contribution >= 0.6 is 22.9 Å². The number of aromatic nitrogens is 1. The second kappa shape index (κ2) is 9.85. The minimum Gasteiger partial charge on any atom is -0.495 e. The minimum absolute atomic E-state index is 0.0101. The van der Waals surface area contributed by atoms with Crippen LogP contribution in [0.25, 0.3) is 5.57 Å². The lowest BCUT2D eigenvalue weighted by Gasteiger charge is -2.56. The van der Waals surface area contributed by atoms with Gasteiger partial charge in [-0.25, -0.2) is 4.98 Å². The maximum absolute atomic E-state index is 12.4. The predicted octanol–water partition coefficient (Wildman–Crippen LogP) is 8.44. The number of hydrogen-bond acceptors (Lipinski definition) is 6. The number of carbonyl (C=O) groups is 1. The molecule has 1 aromatic heterocycles. The first kappa shape index (κ1) is 26.2. The van der Waals surface area contributed by atoms with Gasteiger partial charge in [0.2, 0.25) is 0 Å². The van der Waals surface area contributed by atoms with Crippen LogP contribution in [0.3, 0.4) is 0 Å². The number of nitrogens with one attached hydrogen (secondary N) is 1. The summed E-state index contributed by atoms with van der Waals surface area (Å²) in [6, 6.07) is 5.61. The zero-order valence-corrected chi connectivity index (χ0v) is 24.5. The summed E-state index contributed by atoms with van der Waals surface area (Å²) in [5.74, 6) is 2.72. The molecule has 0 spiro atoms. The van der Waals surface area contributed by atoms with Crippen LogP contribution < -0.4 is 10.1 Å². The molecule has 2 saturated carbocycles. The van der Waals surface area contributed by atoms with Crippen molar-refractivity contribution in [3.8, 4) is 5.75 Å². The number of hydrogen-bond donors (Lipinski definition) is 1. The number of esters is 1. The number of nitrogens with zero attached hydrogens (tertiary/aromatic N) is 1. The van der Waals surface area contributed by atoms with Crippen molar-refractivity contribution in [2.75, 3.05) is 12.4 Å². The van der Waals surface area contributed by atoms with Crippen LogP contribution in [0, 0.1) is 28.6 Å². The van der Waals surface area contributed by atoms with E-state index in [0.717, 1.165) is 55.1 Å². The number of thiazole rings is 1. The van der Waals surface area contributed by atoms with Gasteiger partial charge in [0.25, 0.3) is 0 Å². The summed E-state index contributed by atoms with van der Waals surface area (Å²) in [5, 5.41) is 5.04. The Bertz CT molecular complexity index is 1270. The van der Waals surface area contributed by atoms with E-state index in [1.165, 1.54) is 29.0 Å². The third-order valence-electron chi connectivity index (χ3n) is 10.3. The number of carbonyl (C=O) groups excluding carboxylic acids is 1. The van der Waals surface area contributed by atoms with Crippen LogP contribution in [0.5, 0.6) is 5.75 Å². The summed E-state index contributed by atoms with van der Waals surface area (Å²) in [5.41, 5.74) is 3.85. The number of methoxy groups -OCH3 is 1. The maximum atomic E-state index is 12.4. The van der Waals surface area contributed by atoms with E-state index < -0.39 is 0 Å². The monoisotopic (exact) mass is 554 g/mol. The molecule has 38 heavy (non-hydrogen) atoms. The Hall–Kier alpha value is -2.05. The average Bonchev–Trinajstić information content (AvgIpc) is 3.44. The highest BCUT2D eigenvalue weighted by Gasteiger charge is 2.60. The zero-order valence-electron chi connectivity index (χ0n) is 22.9. The number of rotatable bonds is 6. The average molecular weight is 555 g/mol. The van der Waals surface area contributed by atoms with E-state index in [4.69, 9.17) is 26.1 Å². The number of allylic oxidation sites excluding steroid dienone is 2. The first-order valence-electron chi connectivity index (χ1n) is 14.3. The lowest BCUT2D eigenvalue weighted by molar-refractivity contribution is -0.159. The molecule has 6 atom stereocenters. The first-order chi connectivity index (χ1) is 18.3. The zero-order chi connectivity index (χ0) is 26.7. The molecule has 2 fully saturated rings.